The molecule has 1 aromatic heterocycles. The average molecular weight is 305 g/mol. The predicted molar refractivity (Wildman–Crippen MR) is 83.6 cm³/mol. The lowest BCUT2D eigenvalue weighted by Gasteiger charge is -2.13. The van der Waals surface area contributed by atoms with Crippen molar-refractivity contribution < 1.29 is 8.42 Å². The van der Waals surface area contributed by atoms with Crippen LogP contribution < -0.4 is 10.0 Å². The number of rotatable bonds is 6. The zero-order valence-electron chi connectivity index (χ0n) is 12.1. The minimum atomic E-state index is -3.63. The van der Waals surface area contributed by atoms with Gasteiger partial charge in [0.1, 0.15) is 5.82 Å². The fourth-order valence-corrected chi connectivity index (χ4v) is 3.32. The largest absolute Gasteiger partial charge is 0.313 e. The normalized spacial score (nSPS) is 11.3. The van der Waals surface area contributed by atoms with Crippen LogP contribution in [0.15, 0.2) is 47.5 Å². The molecule has 2 rings (SSSR count). The van der Waals surface area contributed by atoms with E-state index in [9.17, 15) is 8.42 Å². The van der Waals surface area contributed by atoms with Crippen LogP contribution in [0.2, 0.25) is 0 Å². The van der Waals surface area contributed by atoms with Crippen molar-refractivity contribution in [3.05, 3.63) is 53.7 Å². The van der Waals surface area contributed by atoms with Crippen LogP contribution in [0.4, 0.5) is 5.82 Å². The predicted octanol–water partition coefficient (Wildman–Crippen LogP) is 2.30. The molecule has 2 aromatic rings. The van der Waals surface area contributed by atoms with Gasteiger partial charge in [-0.1, -0.05) is 25.1 Å². The Kier molecular flexibility index (Phi) is 4.93. The van der Waals surface area contributed by atoms with Gasteiger partial charge in [0.05, 0.1) is 4.90 Å². The summed E-state index contributed by atoms with van der Waals surface area (Å²) in [4.78, 5) is 4.27. The Balaban J connectivity index is 2.32. The molecule has 0 unspecified atom stereocenters. The van der Waals surface area contributed by atoms with Crippen molar-refractivity contribution in [3.63, 3.8) is 0 Å². The van der Waals surface area contributed by atoms with Gasteiger partial charge in [-0.05, 0) is 42.8 Å². The van der Waals surface area contributed by atoms with Crippen molar-refractivity contribution in [3.8, 4) is 0 Å². The van der Waals surface area contributed by atoms with Gasteiger partial charge in [0.25, 0.3) is 10.0 Å². The van der Waals surface area contributed by atoms with E-state index in [2.05, 4.69) is 15.0 Å². The summed E-state index contributed by atoms with van der Waals surface area (Å²) in [5.74, 6) is 0.314. The molecule has 0 saturated heterocycles. The maximum absolute atomic E-state index is 12.5. The van der Waals surface area contributed by atoms with Gasteiger partial charge in [0.15, 0.2) is 0 Å². The molecule has 0 saturated carbocycles. The van der Waals surface area contributed by atoms with Gasteiger partial charge in [-0.15, -0.1) is 0 Å². The van der Waals surface area contributed by atoms with E-state index in [0.29, 0.717) is 12.4 Å². The van der Waals surface area contributed by atoms with Crippen molar-refractivity contribution in [1.29, 1.82) is 0 Å². The highest BCUT2D eigenvalue weighted by Gasteiger charge is 2.18. The van der Waals surface area contributed by atoms with Crippen LogP contribution in [0.25, 0.3) is 0 Å². The van der Waals surface area contributed by atoms with Crippen LogP contribution >= 0.6 is 0 Å². The van der Waals surface area contributed by atoms with Gasteiger partial charge in [-0.3, -0.25) is 4.72 Å². The molecular weight excluding hydrogens is 286 g/mol. The molecule has 21 heavy (non-hydrogen) atoms. The second kappa shape index (κ2) is 6.69. The summed E-state index contributed by atoms with van der Waals surface area (Å²) in [6.45, 7) is 5.32. The van der Waals surface area contributed by atoms with E-state index in [0.717, 1.165) is 17.7 Å². The summed E-state index contributed by atoms with van der Waals surface area (Å²) in [5, 5.41) is 3.21. The molecule has 1 aromatic carbocycles. The molecule has 0 radical (unpaired) electrons. The molecule has 0 spiro atoms. The second-order valence-corrected chi connectivity index (χ2v) is 6.29. The monoisotopic (exact) mass is 305 g/mol. The third-order valence-electron chi connectivity index (χ3n) is 3.16. The number of anilines is 1. The first-order chi connectivity index (χ1) is 10.0. The molecule has 0 aliphatic rings. The van der Waals surface area contributed by atoms with E-state index in [1.165, 1.54) is 0 Å². The third kappa shape index (κ3) is 3.80. The van der Waals surface area contributed by atoms with Crippen molar-refractivity contribution in [1.82, 2.24) is 10.3 Å². The Bertz CT molecular complexity index is 700. The fraction of sp³-hybridized carbons (Fsp3) is 0.267. The molecule has 0 aliphatic heterocycles. The molecule has 0 amide bonds. The van der Waals surface area contributed by atoms with E-state index in [1.54, 1.807) is 36.5 Å². The van der Waals surface area contributed by atoms with Gasteiger partial charge >= 0.3 is 0 Å². The van der Waals surface area contributed by atoms with Crippen molar-refractivity contribution in [2.75, 3.05) is 11.3 Å². The van der Waals surface area contributed by atoms with E-state index in [1.807, 2.05) is 19.9 Å². The summed E-state index contributed by atoms with van der Waals surface area (Å²) >= 11 is 0. The number of sulfonamides is 1. The van der Waals surface area contributed by atoms with E-state index < -0.39 is 10.0 Å². The van der Waals surface area contributed by atoms with Crippen LogP contribution in [0.5, 0.6) is 0 Å². The number of pyridine rings is 1. The number of nitrogens with zero attached hydrogens (tertiary/aromatic N) is 1. The van der Waals surface area contributed by atoms with Gasteiger partial charge in [0, 0.05) is 12.7 Å². The fourth-order valence-electron chi connectivity index (χ4n) is 2.02. The van der Waals surface area contributed by atoms with Gasteiger partial charge in [-0.2, -0.15) is 0 Å². The lowest BCUT2D eigenvalue weighted by Crippen LogP contribution is -2.17. The summed E-state index contributed by atoms with van der Waals surface area (Å²) in [6.07, 6.45) is 1.55. The van der Waals surface area contributed by atoms with Crippen LogP contribution in [-0.2, 0) is 16.6 Å². The zero-order chi connectivity index (χ0) is 15.3. The molecule has 1 heterocycles. The lowest BCUT2D eigenvalue weighted by molar-refractivity contribution is 0.600. The number of hydrogen-bond donors (Lipinski definition) is 2. The van der Waals surface area contributed by atoms with Crippen LogP contribution in [0.3, 0.4) is 0 Å². The van der Waals surface area contributed by atoms with E-state index >= 15 is 0 Å². The third-order valence-corrected chi connectivity index (χ3v) is 4.65. The highest BCUT2D eigenvalue weighted by molar-refractivity contribution is 7.92. The Morgan fingerprint density at radius 3 is 2.62 bits per heavy atom. The molecule has 6 heteroatoms. The number of hydrogen-bond acceptors (Lipinski definition) is 4. The summed E-state index contributed by atoms with van der Waals surface area (Å²) in [6, 6.07) is 10.4. The first-order valence-corrected chi connectivity index (χ1v) is 8.26. The van der Waals surface area contributed by atoms with Crippen LogP contribution in [-0.4, -0.2) is 19.9 Å². The Morgan fingerprint density at radius 1 is 1.14 bits per heavy atom. The highest BCUT2D eigenvalue weighted by Crippen LogP contribution is 2.21. The molecule has 0 atom stereocenters. The Hall–Kier alpha value is -1.92. The van der Waals surface area contributed by atoms with Crippen LogP contribution in [0, 0.1) is 6.92 Å². The van der Waals surface area contributed by atoms with Crippen molar-refractivity contribution >= 4 is 15.8 Å². The Morgan fingerprint density at radius 2 is 1.95 bits per heavy atom. The number of nitrogens with one attached hydrogen (secondary N) is 2. The average Bonchev–Trinajstić information content (AvgIpc) is 2.46. The van der Waals surface area contributed by atoms with Gasteiger partial charge < -0.3 is 5.32 Å². The van der Waals surface area contributed by atoms with Gasteiger partial charge in [0.2, 0.25) is 0 Å². The smallest absolute Gasteiger partial charge is 0.263 e. The van der Waals surface area contributed by atoms with Gasteiger partial charge in [-0.25, -0.2) is 13.4 Å². The molecule has 0 fully saturated rings. The minimum absolute atomic E-state index is 0.281. The quantitative estimate of drug-likeness (QED) is 0.859. The highest BCUT2D eigenvalue weighted by atomic mass is 32.2. The van der Waals surface area contributed by atoms with E-state index in [-0.39, 0.29) is 4.90 Å². The standard InChI is InChI=1S/C15H19N3O2S/c1-3-16-11-13-7-6-8-14(12(13)2)21(19,20)18-15-9-4-5-10-17-15/h4-10,16H,3,11H2,1-2H3,(H,17,18). The molecular formula is C15H19N3O2S. The minimum Gasteiger partial charge on any atom is -0.313 e. The van der Waals surface area contributed by atoms with Crippen LogP contribution in [0.1, 0.15) is 18.1 Å². The molecule has 0 bridgehead atoms. The topological polar surface area (TPSA) is 71.1 Å². The first-order valence-electron chi connectivity index (χ1n) is 6.77. The summed E-state index contributed by atoms with van der Waals surface area (Å²) in [7, 11) is -3.63. The SMILES string of the molecule is CCNCc1cccc(S(=O)(=O)Nc2ccccn2)c1C. The number of benzene rings is 1. The molecule has 0 aliphatic carbocycles. The molecule has 2 N–H and O–H groups in total. The second-order valence-electron chi connectivity index (χ2n) is 4.64. The maximum atomic E-state index is 12.5. The first kappa shape index (κ1) is 15.5. The molecule has 5 nitrogen and oxygen atoms in total. The zero-order valence-corrected chi connectivity index (χ0v) is 12.9. The Labute approximate surface area is 125 Å². The van der Waals surface area contributed by atoms with Crippen molar-refractivity contribution in [2.45, 2.75) is 25.3 Å². The molecule has 112 valence electrons. The summed E-state index contributed by atoms with van der Waals surface area (Å²) in [5.41, 5.74) is 1.72. The lowest BCUT2D eigenvalue weighted by atomic mass is 10.1. The number of aromatic nitrogens is 1. The summed E-state index contributed by atoms with van der Waals surface area (Å²) < 4.78 is 27.5. The van der Waals surface area contributed by atoms with Crippen molar-refractivity contribution in [2.24, 2.45) is 0 Å². The maximum Gasteiger partial charge on any atom is 0.263 e. The van der Waals surface area contributed by atoms with E-state index in [4.69, 9.17) is 0 Å².